The van der Waals surface area contributed by atoms with E-state index in [-0.39, 0.29) is 5.69 Å². The monoisotopic (exact) mass is 442 g/mol. The van der Waals surface area contributed by atoms with E-state index >= 15 is 0 Å². The second-order valence-electron chi connectivity index (χ2n) is 6.89. The van der Waals surface area contributed by atoms with Gasteiger partial charge in [0.05, 0.1) is 18.1 Å². The number of aromatic nitrogens is 3. The summed E-state index contributed by atoms with van der Waals surface area (Å²) >= 11 is 1.41. The maximum absolute atomic E-state index is 11.4. The molecule has 0 saturated carbocycles. The molecule has 0 unspecified atom stereocenters. The number of hydrogen-bond donors (Lipinski definition) is 1. The first kappa shape index (κ1) is 22.6. The Labute approximate surface area is 185 Å². The third-order valence-electron chi connectivity index (χ3n) is 4.41. The van der Waals surface area contributed by atoms with Crippen LogP contribution in [0.4, 0.5) is 5.69 Å². The summed E-state index contributed by atoms with van der Waals surface area (Å²) in [7, 11) is 0. The highest BCUT2D eigenvalue weighted by Crippen LogP contribution is 2.31. The van der Waals surface area contributed by atoms with Gasteiger partial charge in [-0.15, -0.1) is 5.10 Å². The number of rotatable bonds is 12. The van der Waals surface area contributed by atoms with Gasteiger partial charge in [0.25, 0.3) is 0 Å². The van der Waals surface area contributed by atoms with E-state index < -0.39 is 4.92 Å². The average Bonchev–Trinajstić information content (AvgIpc) is 3.26. The van der Waals surface area contributed by atoms with Crippen LogP contribution in [0.2, 0.25) is 0 Å². The van der Waals surface area contributed by atoms with Crippen LogP contribution in [0.15, 0.2) is 47.6 Å². The molecular formula is C22H26N4O4S. The Morgan fingerprint density at radius 3 is 2.58 bits per heavy atom. The summed E-state index contributed by atoms with van der Waals surface area (Å²) in [6.07, 6.45) is 2.79. The second-order valence-corrected chi connectivity index (χ2v) is 7.83. The summed E-state index contributed by atoms with van der Waals surface area (Å²) in [5, 5.41) is 19.2. The van der Waals surface area contributed by atoms with Crippen molar-refractivity contribution in [1.82, 2.24) is 15.2 Å². The molecule has 0 aliphatic rings. The van der Waals surface area contributed by atoms with Crippen LogP contribution in [0.1, 0.15) is 38.7 Å². The minimum atomic E-state index is -0.409. The van der Waals surface area contributed by atoms with E-state index in [2.05, 4.69) is 22.1 Å². The third-order valence-corrected chi connectivity index (χ3v) is 5.33. The van der Waals surface area contributed by atoms with Crippen LogP contribution in [-0.4, -0.2) is 33.3 Å². The van der Waals surface area contributed by atoms with Gasteiger partial charge in [0.15, 0.2) is 11.6 Å². The first-order valence-electron chi connectivity index (χ1n) is 10.3. The fraction of sp³-hybridized carbons (Fsp3) is 0.364. The van der Waals surface area contributed by atoms with Crippen molar-refractivity contribution in [3.05, 3.63) is 58.1 Å². The molecule has 0 aliphatic heterocycles. The molecule has 0 atom stereocenters. The van der Waals surface area contributed by atoms with Crippen molar-refractivity contribution in [2.24, 2.45) is 0 Å². The molecule has 2 aromatic carbocycles. The first-order valence-corrected chi connectivity index (χ1v) is 11.3. The summed E-state index contributed by atoms with van der Waals surface area (Å²) in [6, 6.07) is 12.7. The molecule has 0 radical (unpaired) electrons. The predicted molar refractivity (Wildman–Crippen MR) is 121 cm³/mol. The van der Waals surface area contributed by atoms with Gasteiger partial charge >= 0.3 is 5.69 Å². The number of unbranched alkanes of at least 4 members (excludes halogenated alkanes) is 1. The molecule has 0 saturated heterocycles. The van der Waals surface area contributed by atoms with Crippen LogP contribution < -0.4 is 9.47 Å². The minimum absolute atomic E-state index is 0.0183. The molecule has 0 bridgehead atoms. The molecule has 3 aromatic rings. The van der Waals surface area contributed by atoms with Crippen LogP contribution in [0.3, 0.4) is 0 Å². The molecule has 1 N–H and O–H groups in total. The van der Waals surface area contributed by atoms with Gasteiger partial charge in [-0.3, -0.25) is 15.2 Å². The highest BCUT2D eigenvalue weighted by atomic mass is 32.2. The van der Waals surface area contributed by atoms with E-state index in [4.69, 9.17) is 9.47 Å². The smallest absolute Gasteiger partial charge is 0.311 e. The molecule has 31 heavy (non-hydrogen) atoms. The second kappa shape index (κ2) is 11.4. The van der Waals surface area contributed by atoms with Gasteiger partial charge in [-0.05, 0) is 48.7 Å². The summed E-state index contributed by atoms with van der Waals surface area (Å²) in [5.74, 6) is 2.30. The largest absolute Gasteiger partial charge is 0.494 e. The molecule has 0 spiro atoms. The molecule has 0 aliphatic carbocycles. The van der Waals surface area contributed by atoms with Gasteiger partial charge in [0.1, 0.15) is 5.75 Å². The van der Waals surface area contributed by atoms with Gasteiger partial charge < -0.3 is 9.47 Å². The van der Waals surface area contributed by atoms with Crippen LogP contribution in [0, 0.1) is 10.1 Å². The van der Waals surface area contributed by atoms with E-state index in [1.165, 1.54) is 11.8 Å². The lowest BCUT2D eigenvalue weighted by atomic mass is 10.2. The lowest BCUT2D eigenvalue weighted by Gasteiger charge is -2.07. The molecule has 1 aromatic heterocycles. The van der Waals surface area contributed by atoms with Crippen LogP contribution >= 0.6 is 11.8 Å². The van der Waals surface area contributed by atoms with Gasteiger partial charge in [-0.1, -0.05) is 38.1 Å². The predicted octanol–water partition coefficient (Wildman–Crippen LogP) is 5.64. The van der Waals surface area contributed by atoms with Gasteiger partial charge in [0.2, 0.25) is 5.16 Å². The maximum Gasteiger partial charge on any atom is 0.311 e. The van der Waals surface area contributed by atoms with Crippen molar-refractivity contribution < 1.29 is 14.4 Å². The lowest BCUT2D eigenvalue weighted by molar-refractivity contribution is -0.385. The normalized spacial score (nSPS) is 10.8. The molecule has 8 nitrogen and oxygen atoms in total. The number of nitro groups is 1. The Bertz CT molecular complexity index is 991. The molecular weight excluding hydrogens is 416 g/mol. The van der Waals surface area contributed by atoms with Crippen molar-refractivity contribution in [2.75, 3.05) is 13.2 Å². The Morgan fingerprint density at radius 1 is 1.06 bits per heavy atom. The fourth-order valence-electron chi connectivity index (χ4n) is 2.76. The van der Waals surface area contributed by atoms with Crippen molar-refractivity contribution in [3.8, 4) is 22.9 Å². The molecule has 0 fully saturated rings. The Balaban J connectivity index is 1.62. The quantitative estimate of drug-likeness (QED) is 0.167. The van der Waals surface area contributed by atoms with E-state index in [9.17, 15) is 10.1 Å². The number of thioether (sulfide) groups is 1. The number of nitrogens with zero attached hydrogens (tertiary/aromatic N) is 3. The van der Waals surface area contributed by atoms with Crippen molar-refractivity contribution in [1.29, 1.82) is 0 Å². The molecule has 1 heterocycles. The zero-order valence-electron chi connectivity index (χ0n) is 17.7. The SMILES string of the molecule is CCCCOc1ccc(CSc2n[nH]c(-c3ccc(OCCC)cc3)n2)cc1[N+](=O)[O-]. The number of benzene rings is 2. The lowest BCUT2D eigenvalue weighted by Crippen LogP contribution is -2.01. The topological polar surface area (TPSA) is 103 Å². The van der Waals surface area contributed by atoms with Crippen LogP contribution in [0.25, 0.3) is 11.4 Å². The van der Waals surface area contributed by atoms with Crippen LogP contribution in [0.5, 0.6) is 11.5 Å². The van der Waals surface area contributed by atoms with Gasteiger partial charge in [-0.25, -0.2) is 4.98 Å². The minimum Gasteiger partial charge on any atom is -0.494 e. The Kier molecular flexibility index (Phi) is 8.28. The fourth-order valence-corrected chi connectivity index (χ4v) is 3.50. The Hall–Kier alpha value is -3.07. The van der Waals surface area contributed by atoms with Gasteiger partial charge in [0, 0.05) is 17.4 Å². The molecule has 9 heteroatoms. The van der Waals surface area contributed by atoms with E-state index in [1.54, 1.807) is 12.1 Å². The van der Waals surface area contributed by atoms with Crippen LogP contribution in [-0.2, 0) is 5.75 Å². The summed E-state index contributed by atoms with van der Waals surface area (Å²) in [5.41, 5.74) is 1.70. The van der Waals surface area contributed by atoms with Crippen molar-refractivity contribution >= 4 is 17.4 Å². The van der Waals surface area contributed by atoms with E-state index in [0.29, 0.717) is 35.7 Å². The molecule has 0 amide bonds. The number of nitro benzene ring substituents is 1. The zero-order valence-corrected chi connectivity index (χ0v) is 18.5. The maximum atomic E-state index is 11.4. The number of H-pyrrole nitrogens is 1. The summed E-state index contributed by atoms with van der Waals surface area (Å²) < 4.78 is 11.1. The zero-order chi connectivity index (χ0) is 22.1. The highest BCUT2D eigenvalue weighted by Gasteiger charge is 2.16. The number of nitrogens with one attached hydrogen (secondary N) is 1. The van der Waals surface area contributed by atoms with Crippen molar-refractivity contribution in [2.45, 2.75) is 44.0 Å². The Morgan fingerprint density at radius 2 is 1.87 bits per heavy atom. The van der Waals surface area contributed by atoms with E-state index in [0.717, 1.165) is 36.1 Å². The first-order chi connectivity index (χ1) is 15.1. The number of aromatic amines is 1. The highest BCUT2D eigenvalue weighted by molar-refractivity contribution is 7.98. The number of hydrogen-bond acceptors (Lipinski definition) is 7. The van der Waals surface area contributed by atoms with E-state index in [1.807, 2.05) is 37.3 Å². The average molecular weight is 443 g/mol. The molecule has 164 valence electrons. The third kappa shape index (κ3) is 6.45. The number of ether oxygens (including phenoxy) is 2. The summed E-state index contributed by atoms with van der Waals surface area (Å²) in [4.78, 5) is 15.5. The van der Waals surface area contributed by atoms with Crippen molar-refractivity contribution in [3.63, 3.8) is 0 Å². The van der Waals surface area contributed by atoms with Gasteiger partial charge in [-0.2, -0.15) is 0 Å². The standard InChI is InChI=1S/C22H26N4O4S/c1-3-5-13-30-20-11-6-16(14-19(20)26(27)28)15-31-22-23-21(24-25-22)17-7-9-18(10-8-17)29-12-4-2/h6-11,14H,3-5,12-13,15H2,1-2H3,(H,23,24,25). The molecule has 3 rings (SSSR count). The summed E-state index contributed by atoms with van der Waals surface area (Å²) in [6.45, 7) is 5.27.